The van der Waals surface area contributed by atoms with Gasteiger partial charge in [0.2, 0.25) is 0 Å². The first-order valence-electron chi connectivity index (χ1n) is 16.3. The molecule has 14 heteroatoms. The summed E-state index contributed by atoms with van der Waals surface area (Å²) in [5.41, 5.74) is 13.7. The fraction of sp³-hybridized carbons (Fsp3) is 0.100. The second kappa shape index (κ2) is 16.8. The first-order valence-corrected chi connectivity index (χ1v) is 16.3. The molecule has 2 heterocycles. The van der Waals surface area contributed by atoms with E-state index in [4.69, 9.17) is 5.73 Å². The van der Waals surface area contributed by atoms with Crippen LogP contribution < -0.4 is 21.7 Å². The second-order valence-electron chi connectivity index (χ2n) is 12.1. The normalized spacial score (nSPS) is 10.8. The molecule has 5 N–H and O–H groups in total. The number of benzene rings is 5. The third-order valence-electron chi connectivity index (χ3n) is 8.21. The minimum atomic E-state index is -4.38. The van der Waals surface area contributed by atoms with Crippen molar-refractivity contribution in [1.29, 1.82) is 0 Å². The number of fused-ring (bicyclic) bond motifs is 2. The molecule has 0 spiro atoms. The molecule has 2 amide bonds. The van der Waals surface area contributed by atoms with Gasteiger partial charge in [0, 0.05) is 65.2 Å². The summed E-state index contributed by atoms with van der Waals surface area (Å²) in [4.78, 5) is 41.9. The van der Waals surface area contributed by atoms with Crippen molar-refractivity contribution in [1.82, 2.24) is 19.9 Å². The predicted octanol–water partition coefficient (Wildman–Crippen LogP) is 9.02. The summed E-state index contributed by atoms with van der Waals surface area (Å²) in [5, 5.41) is 8.86. The second-order valence-corrected chi connectivity index (χ2v) is 12.1. The number of alkyl halides is 3. The fourth-order valence-corrected chi connectivity index (χ4v) is 5.30. The average Bonchev–Trinajstić information content (AvgIpc) is 3.16. The van der Waals surface area contributed by atoms with Crippen molar-refractivity contribution in [2.24, 2.45) is 0 Å². The van der Waals surface area contributed by atoms with E-state index < -0.39 is 11.7 Å². The number of aryl methyl sites for hydroxylation is 2. The van der Waals surface area contributed by atoms with Crippen LogP contribution >= 0.6 is 12.4 Å². The van der Waals surface area contributed by atoms with Gasteiger partial charge in [-0.25, -0.2) is 0 Å². The van der Waals surface area contributed by atoms with E-state index in [1.54, 1.807) is 85.5 Å². The Morgan fingerprint density at radius 1 is 0.630 bits per heavy atom. The fourth-order valence-electron chi connectivity index (χ4n) is 5.30. The number of amides is 2. The van der Waals surface area contributed by atoms with Crippen LogP contribution in [0.2, 0.25) is 0 Å². The number of aromatic nitrogens is 4. The zero-order chi connectivity index (χ0) is 37.5. The van der Waals surface area contributed by atoms with Crippen molar-refractivity contribution < 1.29 is 22.8 Å². The van der Waals surface area contributed by atoms with Gasteiger partial charge in [0.05, 0.1) is 27.6 Å². The molecule has 54 heavy (non-hydrogen) atoms. The van der Waals surface area contributed by atoms with E-state index in [1.807, 2.05) is 32.0 Å². The Kier molecular flexibility index (Phi) is 12.0. The lowest BCUT2D eigenvalue weighted by Crippen LogP contribution is -2.13. The van der Waals surface area contributed by atoms with Crippen LogP contribution in [-0.4, -0.2) is 31.8 Å². The summed E-state index contributed by atoms with van der Waals surface area (Å²) in [6, 6.07) is 26.3. The van der Waals surface area contributed by atoms with E-state index in [0.29, 0.717) is 56.0 Å². The number of halogens is 4. The smallest absolute Gasteiger partial charge is 0.399 e. The third kappa shape index (κ3) is 9.63. The van der Waals surface area contributed by atoms with Crippen LogP contribution in [-0.2, 0) is 12.7 Å². The lowest BCUT2D eigenvalue weighted by Gasteiger charge is -2.13. The van der Waals surface area contributed by atoms with Crippen LogP contribution in [0.1, 0.15) is 43.0 Å². The molecule has 0 aliphatic rings. The summed E-state index contributed by atoms with van der Waals surface area (Å²) < 4.78 is 38.7. The number of carbonyl (C=O) groups excluding carboxylic acids is 2. The van der Waals surface area contributed by atoms with Crippen molar-refractivity contribution in [3.63, 3.8) is 0 Å². The average molecular weight is 751 g/mol. The first-order chi connectivity index (χ1) is 25.4. The maximum atomic E-state index is 12.9. The molecule has 0 saturated carbocycles. The van der Waals surface area contributed by atoms with E-state index in [2.05, 4.69) is 35.9 Å². The van der Waals surface area contributed by atoms with Crippen LogP contribution in [0, 0.1) is 13.8 Å². The van der Waals surface area contributed by atoms with Gasteiger partial charge in [-0.15, -0.1) is 12.4 Å². The van der Waals surface area contributed by atoms with Gasteiger partial charge in [-0.05, 0) is 103 Å². The van der Waals surface area contributed by atoms with Crippen LogP contribution in [0.3, 0.4) is 0 Å². The van der Waals surface area contributed by atoms with E-state index in [-0.39, 0.29) is 30.8 Å². The monoisotopic (exact) mass is 750 g/mol. The van der Waals surface area contributed by atoms with Crippen LogP contribution in [0.5, 0.6) is 0 Å². The Labute approximate surface area is 314 Å². The van der Waals surface area contributed by atoms with Crippen molar-refractivity contribution in [2.45, 2.75) is 26.6 Å². The summed E-state index contributed by atoms with van der Waals surface area (Å²) >= 11 is 0. The highest BCUT2D eigenvalue weighted by molar-refractivity contribution is 6.07. The predicted molar refractivity (Wildman–Crippen MR) is 208 cm³/mol. The lowest BCUT2D eigenvalue weighted by molar-refractivity contribution is -0.137. The minimum absolute atomic E-state index is 0. The molecule has 5 aromatic carbocycles. The van der Waals surface area contributed by atoms with Gasteiger partial charge < -0.3 is 21.7 Å². The number of nitrogens with zero attached hydrogens (tertiary/aromatic N) is 4. The van der Waals surface area contributed by atoms with Crippen LogP contribution in [0.25, 0.3) is 22.1 Å². The zero-order valence-electron chi connectivity index (χ0n) is 29.0. The van der Waals surface area contributed by atoms with Gasteiger partial charge >= 0.3 is 6.18 Å². The van der Waals surface area contributed by atoms with Crippen molar-refractivity contribution in [3.05, 3.63) is 155 Å². The van der Waals surface area contributed by atoms with Gasteiger partial charge in [-0.2, -0.15) is 13.2 Å². The highest BCUT2D eigenvalue weighted by Crippen LogP contribution is 2.30. The largest absolute Gasteiger partial charge is 0.416 e. The molecule has 7 rings (SSSR count). The summed E-state index contributed by atoms with van der Waals surface area (Å²) in [6.07, 6.45) is 1.99. The molecule has 0 saturated heterocycles. The highest BCUT2D eigenvalue weighted by atomic mass is 35.5. The summed E-state index contributed by atoms with van der Waals surface area (Å²) in [5.74, 6) is -0.494. The number of hydrogen-bond donors (Lipinski definition) is 4. The summed E-state index contributed by atoms with van der Waals surface area (Å²) in [7, 11) is 0. The van der Waals surface area contributed by atoms with Crippen molar-refractivity contribution in [2.75, 3.05) is 21.7 Å². The van der Waals surface area contributed by atoms with Crippen LogP contribution in [0.4, 0.5) is 35.9 Å². The molecular weight excluding hydrogens is 717 g/mol. The van der Waals surface area contributed by atoms with Crippen LogP contribution in [0.15, 0.2) is 122 Å². The Morgan fingerprint density at radius 3 is 1.70 bits per heavy atom. The Hall–Kier alpha value is -6.60. The molecule has 2 aromatic heterocycles. The quantitative estimate of drug-likeness (QED) is 0.118. The molecular formula is C40H34ClF3N8O2. The third-order valence-corrected chi connectivity index (χ3v) is 8.21. The maximum absolute atomic E-state index is 12.9. The molecule has 0 aliphatic carbocycles. The number of carbonyl (C=O) groups is 2. The molecule has 0 bridgehead atoms. The maximum Gasteiger partial charge on any atom is 0.416 e. The number of nitrogen functional groups attached to an aromatic ring is 1. The molecule has 0 fully saturated rings. The van der Waals surface area contributed by atoms with E-state index in [1.165, 1.54) is 6.07 Å². The number of rotatable bonds is 7. The number of anilines is 4. The van der Waals surface area contributed by atoms with E-state index in [0.717, 1.165) is 28.8 Å². The minimum Gasteiger partial charge on any atom is -0.399 e. The molecule has 0 atom stereocenters. The molecule has 274 valence electrons. The van der Waals surface area contributed by atoms with Gasteiger partial charge in [0.1, 0.15) is 0 Å². The molecule has 0 aliphatic heterocycles. The van der Waals surface area contributed by atoms with Gasteiger partial charge in [0.25, 0.3) is 11.8 Å². The lowest BCUT2D eigenvalue weighted by atomic mass is 10.1. The molecule has 0 unspecified atom stereocenters. The SMILES string of the molecule is Cc1ccc(N)cc1NC(=O)c1ccc2nccnc2c1.Cc1ccc(NCc2cccc(C(F)(F)F)c2)cc1NC(=O)c1ccc2nccnc2c1.Cl. The molecule has 0 radical (unpaired) electrons. The van der Waals surface area contributed by atoms with E-state index >= 15 is 0 Å². The topological polar surface area (TPSA) is 148 Å². The number of nitrogens with two attached hydrogens (primary N) is 1. The first kappa shape index (κ1) is 38.6. The van der Waals surface area contributed by atoms with E-state index in [9.17, 15) is 22.8 Å². The number of hydrogen-bond acceptors (Lipinski definition) is 8. The standard InChI is InChI=1S/C24H19F3N4O.C16H14N4O.ClH/c1-15-5-7-19(30-14-16-3-2-4-18(11-16)24(25,26)27)13-21(15)31-23(32)17-6-8-20-22(12-17)29-10-9-28-20;1-10-2-4-12(17)9-14(10)20-16(21)11-3-5-13-15(8-11)19-7-6-18-13;/h2-13,30H,14H2,1H3,(H,31,32);2-9H,17H2,1H3,(H,20,21);1H. The highest BCUT2D eigenvalue weighted by Gasteiger charge is 2.30. The zero-order valence-corrected chi connectivity index (χ0v) is 29.8. The summed E-state index contributed by atoms with van der Waals surface area (Å²) in [6.45, 7) is 3.99. The van der Waals surface area contributed by atoms with Crippen molar-refractivity contribution in [3.8, 4) is 0 Å². The Balaban J connectivity index is 0.000000221. The number of nitrogens with one attached hydrogen (secondary N) is 3. The van der Waals surface area contributed by atoms with Crippen molar-refractivity contribution >= 4 is 69.0 Å². The molecule has 7 aromatic rings. The van der Waals surface area contributed by atoms with Gasteiger partial charge in [-0.1, -0.05) is 24.3 Å². The van der Waals surface area contributed by atoms with Gasteiger partial charge in [0.15, 0.2) is 0 Å². The molecule has 10 nitrogen and oxygen atoms in total. The Morgan fingerprint density at radius 2 is 1.15 bits per heavy atom. The Bertz CT molecular complexity index is 2460. The van der Waals surface area contributed by atoms with Gasteiger partial charge in [-0.3, -0.25) is 29.5 Å².